The van der Waals surface area contributed by atoms with E-state index in [-0.39, 0.29) is 24.1 Å². The maximum atomic E-state index is 13.0. The highest BCUT2D eigenvalue weighted by atomic mass is 35.5. The summed E-state index contributed by atoms with van der Waals surface area (Å²) in [6.45, 7) is 6.18. The highest BCUT2D eigenvalue weighted by molar-refractivity contribution is 6.11. The van der Waals surface area contributed by atoms with E-state index in [4.69, 9.17) is 0 Å². The number of benzene rings is 1. The second-order valence-corrected chi connectivity index (χ2v) is 12.8. The number of fused-ring (bicyclic) bond motifs is 3. The molecule has 0 saturated heterocycles. The fourth-order valence-corrected chi connectivity index (χ4v) is 6.74. The number of carbonyl (C=O) groups excluding carboxylic acids is 1. The van der Waals surface area contributed by atoms with Crippen LogP contribution in [0.5, 0.6) is 0 Å². The summed E-state index contributed by atoms with van der Waals surface area (Å²) in [7, 11) is 2.06. The Labute approximate surface area is 278 Å². The Bertz CT molecular complexity index is 1390. The predicted molar refractivity (Wildman–Crippen MR) is 183 cm³/mol. The van der Waals surface area contributed by atoms with Crippen LogP contribution in [-0.4, -0.2) is 19.9 Å². The molecule has 5 nitrogen and oxygen atoms in total. The van der Waals surface area contributed by atoms with Crippen LogP contribution in [0.25, 0.3) is 10.9 Å². The van der Waals surface area contributed by atoms with Crippen LogP contribution in [0.3, 0.4) is 0 Å². The molecule has 5 rings (SSSR count). The molecule has 1 aliphatic rings. The van der Waals surface area contributed by atoms with Crippen molar-refractivity contribution < 1.29 is 21.8 Å². The summed E-state index contributed by atoms with van der Waals surface area (Å²) in [5.74, 6) is 1.30. The van der Waals surface area contributed by atoms with Gasteiger partial charge < -0.3 is 21.5 Å². The van der Waals surface area contributed by atoms with Crippen LogP contribution >= 0.6 is 0 Å². The summed E-state index contributed by atoms with van der Waals surface area (Å²) in [4.78, 5) is 17.3. The van der Waals surface area contributed by atoms with E-state index in [9.17, 15) is 4.79 Å². The first-order valence-electron chi connectivity index (χ1n) is 17.6. The van der Waals surface area contributed by atoms with Crippen molar-refractivity contribution in [3.63, 3.8) is 0 Å². The predicted octanol–water partition coefficient (Wildman–Crippen LogP) is 6.59. The molecule has 1 aliphatic carbocycles. The number of unbranched alkanes of at least 4 members (excludes halogenated alkanes) is 13. The number of imidazole rings is 1. The van der Waals surface area contributed by atoms with E-state index in [1.807, 2.05) is 25.3 Å². The highest BCUT2D eigenvalue weighted by Gasteiger charge is 2.32. The number of halogens is 1. The molecule has 246 valence electrons. The lowest BCUT2D eigenvalue weighted by atomic mass is 9.85. The summed E-state index contributed by atoms with van der Waals surface area (Å²) >= 11 is 0. The van der Waals surface area contributed by atoms with Crippen molar-refractivity contribution in [2.45, 2.75) is 130 Å². The van der Waals surface area contributed by atoms with Gasteiger partial charge in [0.15, 0.2) is 18.2 Å². The molecule has 1 unspecified atom stereocenters. The van der Waals surface area contributed by atoms with Gasteiger partial charge in [-0.15, -0.1) is 0 Å². The molecule has 3 heterocycles. The maximum Gasteiger partial charge on any atom is 0.170 e. The lowest BCUT2D eigenvalue weighted by molar-refractivity contribution is -0.697. The van der Waals surface area contributed by atoms with Crippen molar-refractivity contribution in [3.8, 4) is 0 Å². The largest absolute Gasteiger partial charge is 1.00 e. The van der Waals surface area contributed by atoms with Gasteiger partial charge in [0.1, 0.15) is 12.4 Å². The number of nitrogens with zero attached hydrogens (tertiary/aromatic N) is 4. The summed E-state index contributed by atoms with van der Waals surface area (Å²) < 4.78 is 6.56. The van der Waals surface area contributed by atoms with Crippen molar-refractivity contribution in [1.29, 1.82) is 0 Å². The Morgan fingerprint density at radius 1 is 0.822 bits per heavy atom. The van der Waals surface area contributed by atoms with Crippen LogP contribution in [0.1, 0.15) is 125 Å². The standard InChI is InChI=1S/C21H38N.C18H19N3O.ClH/c1-2-3-4-5-6-7-8-9-10-11-12-13-14-16-19-22-20-17-15-18-21-22;1-12-19-9-10-21(12)11-13-7-8-16-17(18(13)22)14-5-3-4-6-15(14)20(16)2;/h15,17-18,20-21H,2-14,16,19H2,1H3;3-6,9-10,13H,7-8,11H2,1-2H3;1H/q+1;;/p-1. The number of hydrogen-bond donors (Lipinski definition) is 0. The Kier molecular flexibility index (Phi) is 16.4. The van der Waals surface area contributed by atoms with E-state index in [2.05, 4.69) is 75.4 Å². The Hall–Kier alpha value is -2.92. The molecule has 3 aromatic heterocycles. The van der Waals surface area contributed by atoms with Gasteiger partial charge in [-0.3, -0.25) is 4.79 Å². The molecule has 6 heteroatoms. The average molecular weight is 633 g/mol. The summed E-state index contributed by atoms with van der Waals surface area (Å²) in [6, 6.07) is 14.5. The minimum absolute atomic E-state index is 0. The molecule has 1 atom stereocenters. The van der Waals surface area contributed by atoms with E-state index < -0.39 is 0 Å². The number of rotatable bonds is 17. The number of ketones is 1. The summed E-state index contributed by atoms with van der Waals surface area (Å²) in [5, 5.41) is 1.09. The molecule has 0 amide bonds. The average Bonchev–Trinajstić information content (AvgIpc) is 3.59. The molecule has 0 fully saturated rings. The van der Waals surface area contributed by atoms with E-state index in [1.54, 1.807) is 6.20 Å². The quantitative estimate of drug-likeness (QED) is 0.0974. The number of carbonyl (C=O) groups is 1. The van der Waals surface area contributed by atoms with E-state index >= 15 is 0 Å². The number of hydrogen-bond acceptors (Lipinski definition) is 2. The third kappa shape index (κ3) is 11.1. The van der Waals surface area contributed by atoms with Gasteiger partial charge in [-0.25, -0.2) is 9.55 Å². The van der Waals surface area contributed by atoms with Crippen molar-refractivity contribution >= 4 is 16.7 Å². The molecule has 0 spiro atoms. The van der Waals surface area contributed by atoms with Crippen molar-refractivity contribution in [2.24, 2.45) is 13.0 Å². The molecule has 4 aromatic rings. The second kappa shape index (κ2) is 20.3. The SMILES string of the molecule is CCCCCCCCCCCCCCCC[n+]1ccccc1.Cc1nccn1CC1CCc2c(c3ccccc3n2C)C1=O.[Cl-]. The Morgan fingerprint density at radius 2 is 1.42 bits per heavy atom. The number of aromatic nitrogens is 4. The summed E-state index contributed by atoms with van der Waals surface area (Å²) in [6.07, 6.45) is 30.1. The topological polar surface area (TPSA) is 43.7 Å². The van der Waals surface area contributed by atoms with Crippen molar-refractivity contribution in [3.05, 3.63) is 84.3 Å². The zero-order valence-electron chi connectivity index (χ0n) is 28.2. The summed E-state index contributed by atoms with van der Waals surface area (Å²) in [5.41, 5.74) is 3.28. The smallest absolute Gasteiger partial charge is 0.170 e. The van der Waals surface area contributed by atoms with Gasteiger partial charge in [-0.1, -0.05) is 108 Å². The first-order chi connectivity index (χ1) is 21.6. The molecule has 0 saturated carbocycles. The third-order valence-electron chi connectivity index (χ3n) is 9.46. The molecule has 45 heavy (non-hydrogen) atoms. The Morgan fingerprint density at radius 3 is 2.02 bits per heavy atom. The number of para-hydroxylation sites is 1. The molecular formula is C39H57ClN4O. The van der Waals surface area contributed by atoms with Crippen LogP contribution in [-0.2, 0) is 26.6 Å². The second-order valence-electron chi connectivity index (χ2n) is 12.8. The zero-order valence-corrected chi connectivity index (χ0v) is 29.0. The number of Topliss-reactive ketones (excluding diaryl/α,β-unsaturated/α-hetero) is 1. The molecule has 0 aliphatic heterocycles. The molecule has 0 N–H and O–H groups in total. The zero-order chi connectivity index (χ0) is 31.0. The van der Waals surface area contributed by atoms with Gasteiger partial charge in [-0.2, -0.15) is 0 Å². The lowest BCUT2D eigenvalue weighted by Crippen LogP contribution is -3.00. The van der Waals surface area contributed by atoms with Crippen LogP contribution in [0.4, 0.5) is 0 Å². The highest BCUT2D eigenvalue weighted by Crippen LogP contribution is 2.34. The van der Waals surface area contributed by atoms with Crippen molar-refractivity contribution in [2.75, 3.05) is 0 Å². The molecular weight excluding hydrogens is 576 g/mol. The normalized spacial score (nSPS) is 14.1. The van der Waals surface area contributed by atoms with Gasteiger partial charge in [0.05, 0.1) is 0 Å². The van der Waals surface area contributed by atoms with Crippen molar-refractivity contribution in [1.82, 2.24) is 14.1 Å². The van der Waals surface area contributed by atoms with Crippen LogP contribution in [0, 0.1) is 12.8 Å². The fraction of sp³-hybridized carbons (Fsp3) is 0.564. The van der Waals surface area contributed by atoms with Gasteiger partial charge in [0.2, 0.25) is 0 Å². The van der Waals surface area contributed by atoms with Gasteiger partial charge >= 0.3 is 0 Å². The van der Waals surface area contributed by atoms with E-state index in [1.165, 1.54) is 102 Å². The van der Waals surface area contributed by atoms with Gasteiger partial charge in [-0.05, 0) is 32.3 Å². The van der Waals surface area contributed by atoms with Gasteiger partial charge in [0, 0.05) is 72.6 Å². The first kappa shape index (κ1) is 36.5. The van der Waals surface area contributed by atoms with Crippen LogP contribution in [0.2, 0.25) is 0 Å². The Balaban J connectivity index is 0.000000240. The van der Waals surface area contributed by atoms with E-state index in [0.29, 0.717) is 0 Å². The molecule has 0 bridgehead atoms. The minimum Gasteiger partial charge on any atom is -1.00 e. The lowest BCUT2D eigenvalue weighted by Gasteiger charge is -2.23. The van der Waals surface area contributed by atoms with E-state index in [0.717, 1.165) is 41.7 Å². The van der Waals surface area contributed by atoms with Crippen LogP contribution in [0.15, 0.2) is 67.3 Å². The first-order valence-corrected chi connectivity index (χ1v) is 17.6. The van der Waals surface area contributed by atoms with Crippen LogP contribution < -0.4 is 17.0 Å². The maximum absolute atomic E-state index is 13.0. The third-order valence-corrected chi connectivity index (χ3v) is 9.46. The molecule has 0 radical (unpaired) electrons. The molecule has 1 aromatic carbocycles. The fourth-order valence-electron chi connectivity index (χ4n) is 6.74. The van der Waals surface area contributed by atoms with Gasteiger partial charge in [0.25, 0.3) is 0 Å². The number of pyridine rings is 1. The minimum atomic E-state index is 0. The number of aryl methyl sites for hydroxylation is 3. The monoisotopic (exact) mass is 632 g/mol.